The molecule has 1 fully saturated rings. The Morgan fingerprint density at radius 1 is 0.886 bits per heavy atom. The van der Waals surface area contributed by atoms with E-state index in [-0.39, 0.29) is 30.3 Å². The van der Waals surface area contributed by atoms with Crippen molar-refractivity contribution in [2.75, 3.05) is 45.9 Å². The van der Waals surface area contributed by atoms with Gasteiger partial charge in [-0.1, -0.05) is 36.1 Å². The molecule has 0 saturated carbocycles. The van der Waals surface area contributed by atoms with Crippen molar-refractivity contribution in [3.63, 3.8) is 0 Å². The normalized spacial score (nSPS) is 13.9. The van der Waals surface area contributed by atoms with Crippen LogP contribution in [0.1, 0.15) is 55.8 Å². The highest BCUT2D eigenvalue weighted by Gasteiger charge is 2.26. The summed E-state index contributed by atoms with van der Waals surface area (Å²) in [6.45, 7) is 8.72. The predicted octanol–water partition coefficient (Wildman–Crippen LogP) is 6.51. The third kappa shape index (κ3) is 10.3. The van der Waals surface area contributed by atoms with Crippen molar-refractivity contribution in [1.82, 2.24) is 14.9 Å². The fraction of sp³-hybridized carbons (Fsp3) is 0.400. The third-order valence-corrected chi connectivity index (χ3v) is 7.36. The Kier molecular flexibility index (Phi) is 12.5. The number of hydrogen-bond acceptors (Lipinski definition) is 6. The zero-order chi connectivity index (χ0) is 31.3. The molecule has 3 aromatic rings. The molecule has 0 aliphatic carbocycles. The molecule has 1 aliphatic rings. The lowest BCUT2D eigenvalue weighted by molar-refractivity contribution is -0.0787. The molecule has 0 radical (unpaired) electrons. The lowest BCUT2D eigenvalue weighted by Gasteiger charge is -2.40. The fourth-order valence-corrected chi connectivity index (χ4v) is 5.09. The van der Waals surface area contributed by atoms with E-state index < -0.39 is 6.09 Å². The van der Waals surface area contributed by atoms with E-state index in [0.717, 1.165) is 68.0 Å². The minimum absolute atomic E-state index is 0.0460. The number of hydroxylamine groups is 2. The molecular weight excluding hydrogens is 564 g/mol. The van der Waals surface area contributed by atoms with Crippen molar-refractivity contribution < 1.29 is 28.3 Å². The summed E-state index contributed by atoms with van der Waals surface area (Å²) in [6, 6.07) is 20.7. The molecule has 1 heterocycles. The number of rotatable bonds is 12. The monoisotopic (exact) mass is 605 g/mol. The second-order valence-corrected chi connectivity index (χ2v) is 11.1. The molecular formula is C35H41F2N3O4. The average Bonchev–Trinajstić information content (AvgIpc) is 3.02. The Balaban J connectivity index is 1.15. The van der Waals surface area contributed by atoms with Crippen molar-refractivity contribution in [2.45, 2.75) is 45.3 Å². The molecule has 234 valence electrons. The number of ether oxygens (including phenoxy) is 2. The van der Waals surface area contributed by atoms with Gasteiger partial charge in [-0.3, -0.25) is 10.1 Å². The summed E-state index contributed by atoms with van der Waals surface area (Å²) in [5.74, 6) is 6.22. The molecule has 1 N–H and O–H groups in total. The molecule has 1 saturated heterocycles. The van der Waals surface area contributed by atoms with Crippen LogP contribution in [0.15, 0.2) is 72.8 Å². The van der Waals surface area contributed by atoms with E-state index in [2.05, 4.69) is 21.6 Å². The van der Waals surface area contributed by atoms with Crippen LogP contribution in [0.4, 0.5) is 13.6 Å². The zero-order valence-corrected chi connectivity index (χ0v) is 25.4. The van der Waals surface area contributed by atoms with E-state index >= 15 is 0 Å². The van der Waals surface area contributed by atoms with Gasteiger partial charge in [0.2, 0.25) is 0 Å². The number of nitrogens with zero attached hydrogens (tertiary/aromatic N) is 3. The van der Waals surface area contributed by atoms with E-state index in [1.807, 2.05) is 48.5 Å². The minimum Gasteiger partial charge on any atom is -0.494 e. The van der Waals surface area contributed by atoms with Gasteiger partial charge in [0.25, 0.3) is 0 Å². The summed E-state index contributed by atoms with van der Waals surface area (Å²) in [5.41, 5.74) is 2.83. The number of unbranched alkanes of at least 4 members (excludes halogenated alkanes) is 1. The molecule has 0 spiro atoms. The first-order valence-corrected chi connectivity index (χ1v) is 15.1. The standard InChI is InChI=1S/C35H41F2N3O4/c1-27(2)44-35(41)40(42)21-4-3-7-28-8-18-33(19-9-28)43-26-6-5-20-38-22-24-39(25-23-38)34(29-10-14-31(36)15-11-29)30-12-16-32(37)17-13-30/h8-19,27,34,42H,4-6,20-26H2,1-2H3. The Morgan fingerprint density at radius 2 is 1.48 bits per heavy atom. The van der Waals surface area contributed by atoms with Crippen LogP contribution in [0, 0.1) is 23.5 Å². The molecule has 7 nitrogen and oxygen atoms in total. The van der Waals surface area contributed by atoms with Gasteiger partial charge in [-0.2, -0.15) is 5.06 Å². The van der Waals surface area contributed by atoms with E-state index in [1.165, 1.54) is 24.3 Å². The van der Waals surface area contributed by atoms with Crippen molar-refractivity contribution in [3.8, 4) is 17.6 Å². The van der Waals surface area contributed by atoms with Gasteiger partial charge in [0.1, 0.15) is 17.4 Å². The first-order valence-electron chi connectivity index (χ1n) is 15.1. The topological polar surface area (TPSA) is 65.5 Å². The Labute approximate surface area is 258 Å². The smallest absolute Gasteiger partial charge is 0.434 e. The number of hydrogen-bond donors (Lipinski definition) is 1. The molecule has 0 bridgehead atoms. The third-order valence-electron chi connectivity index (χ3n) is 7.36. The number of carbonyl (C=O) groups is 1. The summed E-state index contributed by atoms with van der Waals surface area (Å²) in [6.07, 6.45) is 1.21. The summed E-state index contributed by atoms with van der Waals surface area (Å²) in [4.78, 5) is 16.4. The van der Waals surface area contributed by atoms with Crippen molar-refractivity contribution in [1.29, 1.82) is 0 Å². The molecule has 1 amide bonds. The van der Waals surface area contributed by atoms with Crippen LogP contribution in [0.5, 0.6) is 5.75 Å². The Hall–Kier alpha value is -3.97. The molecule has 4 rings (SSSR count). The first kappa shape index (κ1) is 32.9. The maximum Gasteiger partial charge on any atom is 0.434 e. The minimum atomic E-state index is -0.777. The highest BCUT2D eigenvalue weighted by atomic mass is 19.1. The number of halogens is 2. The van der Waals surface area contributed by atoms with Crippen LogP contribution in [-0.4, -0.2) is 78.1 Å². The van der Waals surface area contributed by atoms with Crippen LogP contribution in [-0.2, 0) is 4.74 Å². The van der Waals surface area contributed by atoms with E-state index in [4.69, 9.17) is 9.47 Å². The first-order chi connectivity index (χ1) is 21.3. The number of amides is 1. The second kappa shape index (κ2) is 16.8. The molecule has 9 heteroatoms. The molecule has 44 heavy (non-hydrogen) atoms. The van der Waals surface area contributed by atoms with E-state index in [1.54, 1.807) is 13.8 Å². The van der Waals surface area contributed by atoms with Gasteiger partial charge in [-0.05, 0) is 92.9 Å². The van der Waals surface area contributed by atoms with E-state index in [9.17, 15) is 18.8 Å². The maximum absolute atomic E-state index is 13.6. The van der Waals surface area contributed by atoms with Crippen LogP contribution in [0.3, 0.4) is 0 Å². The van der Waals surface area contributed by atoms with Gasteiger partial charge < -0.3 is 14.4 Å². The molecule has 1 aliphatic heterocycles. The highest BCUT2D eigenvalue weighted by molar-refractivity contribution is 5.66. The largest absolute Gasteiger partial charge is 0.494 e. The van der Waals surface area contributed by atoms with Crippen molar-refractivity contribution in [2.24, 2.45) is 0 Å². The summed E-state index contributed by atoms with van der Waals surface area (Å²) in [7, 11) is 0. The van der Waals surface area contributed by atoms with Crippen LogP contribution in [0.2, 0.25) is 0 Å². The molecule has 0 unspecified atom stereocenters. The quantitative estimate of drug-likeness (QED) is 0.110. The van der Waals surface area contributed by atoms with Gasteiger partial charge in [-0.25, -0.2) is 13.6 Å². The van der Waals surface area contributed by atoms with Gasteiger partial charge >= 0.3 is 6.09 Å². The van der Waals surface area contributed by atoms with Gasteiger partial charge in [-0.15, -0.1) is 0 Å². The predicted molar refractivity (Wildman–Crippen MR) is 165 cm³/mol. The van der Waals surface area contributed by atoms with Crippen molar-refractivity contribution in [3.05, 3.63) is 101 Å². The molecule has 0 atom stereocenters. The maximum atomic E-state index is 13.6. The average molecular weight is 606 g/mol. The Morgan fingerprint density at radius 3 is 2.05 bits per heavy atom. The summed E-state index contributed by atoms with van der Waals surface area (Å²) in [5, 5.41) is 10.2. The number of piperazine rings is 1. The number of benzene rings is 3. The second-order valence-electron chi connectivity index (χ2n) is 11.1. The summed E-state index contributed by atoms with van der Waals surface area (Å²) < 4.78 is 38.0. The molecule has 0 aromatic heterocycles. The van der Waals surface area contributed by atoms with Gasteiger partial charge in [0, 0.05) is 38.2 Å². The van der Waals surface area contributed by atoms with E-state index in [0.29, 0.717) is 18.1 Å². The molecule has 3 aromatic carbocycles. The lowest BCUT2D eigenvalue weighted by Crippen LogP contribution is -2.48. The highest BCUT2D eigenvalue weighted by Crippen LogP contribution is 2.30. The number of carbonyl (C=O) groups excluding carboxylic acids is 1. The van der Waals surface area contributed by atoms with Crippen LogP contribution >= 0.6 is 0 Å². The zero-order valence-electron chi connectivity index (χ0n) is 25.4. The summed E-state index contributed by atoms with van der Waals surface area (Å²) >= 11 is 0. The lowest BCUT2D eigenvalue weighted by atomic mass is 9.96. The SMILES string of the molecule is CC(C)OC(=O)N(O)CCC#Cc1ccc(OCCCCN2CCN(C(c3ccc(F)cc3)c3ccc(F)cc3)CC2)cc1. The van der Waals surface area contributed by atoms with Gasteiger partial charge in [0.15, 0.2) is 0 Å². The Bertz CT molecular complexity index is 1320. The van der Waals surface area contributed by atoms with Crippen LogP contribution < -0.4 is 4.74 Å². The van der Waals surface area contributed by atoms with Crippen LogP contribution in [0.25, 0.3) is 0 Å². The van der Waals surface area contributed by atoms with Crippen molar-refractivity contribution >= 4 is 6.09 Å². The van der Waals surface area contributed by atoms with Gasteiger partial charge in [0.05, 0.1) is 25.3 Å². The fourth-order valence-electron chi connectivity index (χ4n) is 5.09.